The van der Waals surface area contributed by atoms with Crippen molar-refractivity contribution in [3.05, 3.63) is 71.8 Å². The number of hydrogen-bond acceptors (Lipinski definition) is 14. The molecule has 1 aliphatic heterocycles. The highest BCUT2D eigenvalue weighted by Crippen LogP contribution is 2.12. The van der Waals surface area contributed by atoms with Gasteiger partial charge in [0.2, 0.25) is 47.3 Å². The lowest BCUT2D eigenvalue weighted by Crippen LogP contribution is -2.62. The van der Waals surface area contributed by atoms with Crippen LogP contribution in [0.2, 0.25) is 0 Å². The van der Waals surface area contributed by atoms with Crippen LogP contribution >= 0.6 is 0 Å². The van der Waals surface area contributed by atoms with Gasteiger partial charge in [-0.3, -0.25) is 43.3 Å². The van der Waals surface area contributed by atoms with Gasteiger partial charge in [-0.2, -0.15) is 0 Å². The summed E-state index contributed by atoms with van der Waals surface area (Å²) in [6.07, 6.45) is 0.766. The van der Waals surface area contributed by atoms with E-state index in [-0.39, 0.29) is 56.4 Å². The van der Waals surface area contributed by atoms with E-state index >= 15 is 0 Å². The van der Waals surface area contributed by atoms with Crippen LogP contribution in [0.15, 0.2) is 65.7 Å². The molecular formula is C51H78N12O12. The SMILES string of the molecule is CC(C)C[C@@H](C=O)NC(=O)[C@H](Cc1ccccc1)NC(=O)[C@H](CC(C)C)NC(=O)[C@H](CO)NC(=O)[C@H](CO)NC(=O)[C@H](CCCN=C(N)N)NC(=O)[C@H](Cc1ccccc1)NC(=O)[C@@H](NC(=O)[C@@H]1CCCN1)[C@@H](C)O. The first kappa shape index (κ1) is 62.3. The molecule has 75 heavy (non-hydrogen) atoms. The predicted molar refractivity (Wildman–Crippen MR) is 277 cm³/mol. The number of aldehydes is 1. The number of rotatable bonds is 32. The number of nitrogens with zero attached hydrogens (tertiary/aromatic N) is 1. The van der Waals surface area contributed by atoms with E-state index in [2.05, 4.69) is 52.8 Å². The number of amides is 8. The normalized spacial score (nSPS) is 16.7. The van der Waals surface area contributed by atoms with Crippen LogP contribution < -0.4 is 59.3 Å². The van der Waals surface area contributed by atoms with Gasteiger partial charge in [-0.1, -0.05) is 88.4 Å². The van der Waals surface area contributed by atoms with Gasteiger partial charge in [-0.05, 0) is 75.0 Å². The first-order valence-electron chi connectivity index (χ1n) is 25.3. The number of carbonyl (C=O) groups is 9. The molecule has 0 bridgehead atoms. The van der Waals surface area contributed by atoms with Crippen LogP contribution in [0.5, 0.6) is 0 Å². The van der Waals surface area contributed by atoms with E-state index in [0.29, 0.717) is 36.8 Å². The van der Waals surface area contributed by atoms with Crippen molar-refractivity contribution >= 4 is 59.5 Å². The number of nitrogens with two attached hydrogens (primary N) is 2. The van der Waals surface area contributed by atoms with E-state index in [1.165, 1.54) is 6.92 Å². The zero-order valence-electron chi connectivity index (χ0n) is 43.4. The van der Waals surface area contributed by atoms with Crippen molar-refractivity contribution in [3.8, 4) is 0 Å². The molecule has 10 atom stereocenters. The maximum absolute atomic E-state index is 14.2. The number of carbonyl (C=O) groups excluding carboxylic acids is 9. The standard InChI is InChI=1S/C51H78N12O12/c1-29(2)22-34(26-64)56-45(70)38(24-32-14-8-6-9-15-32)59-46(71)37(23-30(3)4)58-48(73)40(27-65)62-49(74)41(28-66)61-44(69)36(19-13-21-55-51(52)53)57-47(72)39(25-33-16-10-7-11-17-33)60-50(75)42(31(5)67)63-43(68)35-18-12-20-54-35/h6-11,14-17,26,29-31,34-42,54,65-67H,12-13,18-25,27-28H2,1-5H3,(H,56,70)(H,57,72)(H,58,73)(H,59,71)(H,60,75)(H,61,69)(H,62,74)(H,63,68)(H4,52,53,55)/t31-,34+,35+,36+,37+,38+,39+,40+,41+,42+/m1/s1. The third kappa shape index (κ3) is 22.2. The molecule has 24 nitrogen and oxygen atoms in total. The highest BCUT2D eigenvalue weighted by molar-refractivity contribution is 5.98. The molecule has 1 saturated heterocycles. The highest BCUT2D eigenvalue weighted by atomic mass is 16.3. The lowest BCUT2D eigenvalue weighted by molar-refractivity contribution is -0.137. The maximum Gasteiger partial charge on any atom is 0.245 e. The summed E-state index contributed by atoms with van der Waals surface area (Å²) in [7, 11) is 0. The molecule has 2 aromatic carbocycles. The smallest absolute Gasteiger partial charge is 0.245 e. The molecule has 3 rings (SSSR count). The molecule has 0 unspecified atom stereocenters. The summed E-state index contributed by atoms with van der Waals surface area (Å²) in [5, 5.41) is 54.6. The van der Waals surface area contributed by atoms with E-state index < -0.39 is 121 Å². The van der Waals surface area contributed by atoms with E-state index in [0.717, 1.165) is 6.42 Å². The van der Waals surface area contributed by atoms with Crippen molar-refractivity contribution in [3.63, 3.8) is 0 Å². The Kier molecular flexibility index (Phi) is 26.8. The van der Waals surface area contributed by atoms with Crippen LogP contribution in [-0.2, 0) is 56.0 Å². The summed E-state index contributed by atoms with van der Waals surface area (Å²) in [5.74, 6) is -7.23. The zero-order valence-corrected chi connectivity index (χ0v) is 43.4. The molecule has 1 aliphatic rings. The van der Waals surface area contributed by atoms with Gasteiger partial charge in [-0.25, -0.2) is 0 Å². The zero-order chi connectivity index (χ0) is 55.6. The molecular weight excluding hydrogens is 973 g/mol. The Morgan fingerprint density at radius 3 is 1.51 bits per heavy atom. The molecule has 2 aromatic rings. The van der Waals surface area contributed by atoms with Gasteiger partial charge in [0.05, 0.1) is 31.4 Å². The Morgan fingerprint density at radius 2 is 1.05 bits per heavy atom. The largest absolute Gasteiger partial charge is 0.394 e. The number of aliphatic imine (C=N–C) groups is 1. The van der Waals surface area contributed by atoms with Crippen LogP contribution in [0.1, 0.15) is 84.3 Å². The predicted octanol–water partition coefficient (Wildman–Crippen LogP) is -3.19. The molecule has 8 amide bonds. The summed E-state index contributed by atoms with van der Waals surface area (Å²) < 4.78 is 0. The Bertz CT molecular complexity index is 2210. The fourth-order valence-electron chi connectivity index (χ4n) is 8.11. The lowest BCUT2D eigenvalue weighted by atomic mass is 10.00. The van der Waals surface area contributed by atoms with Crippen molar-refractivity contribution < 1.29 is 58.5 Å². The third-order valence-electron chi connectivity index (χ3n) is 12.0. The molecule has 0 saturated carbocycles. The van der Waals surface area contributed by atoms with E-state index in [1.54, 1.807) is 74.5 Å². The fraction of sp³-hybridized carbons (Fsp3) is 0.569. The van der Waals surface area contributed by atoms with Gasteiger partial charge in [-0.15, -0.1) is 0 Å². The third-order valence-corrected chi connectivity index (χ3v) is 12.0. The van der Waals surface area contributed by atoms with E-state index in [1.807, 2.05) is 13.8 Å². The second-order valence-electron chi connectivity index (χ2n) is 19.4. The number of hydrogen-bond donors (Lipinski definition) is 14. The first-order valence-corrected chi connectivity index (χ1v) is 25.3. The van der Waals surface area contributed by atoms with Crippen LogP contribution in [0.4, 0.5) is 0 Å². The van der Waals surface area contributed by atoms with E-state index in [4.69, 9.17) is 11.5 Å². The van der Waals surface area contributed by atoms with Crippen molar-refractivity contribution in [1.82, 2.24) is 47.9 Å². The summed E-state index contributed by atoms with van der Waals surface area (Å²) in [5.41, 5.74) is 12.3. The molecule has 414 valence electrons. The molecule has 1 fully saturated rings. The molecule has 0 radical (unpaired) electrons. The second-order valence-corrected chi connectivity index (χ2v) is 19.4. The fourth-order valence-corrected chi connectivity index (χ4v) is 8.11. The second kappa shape index (κ2) is 32.3. The number of benzene rings is 2. The Balaban J connectivity index is 1.82. The maximum atomic E-state index is 14.2. The summed E-state index contributed by atoms with van der Waals surface area (Å²) in [4.78, 5) is 126. The first-order chi connectivity index (χ1) is 35.6. The topological polar surface area (TPSA) is 387 Å². The average Bonchev–Trinajstić information content (AvgIpc) is 3.92. The van der Waals surface area contributed by atoms with Crippen molar-refractivity contribution in [2.75, 3.05) is 26.3 Å². The van der Waals surface area contributed by atoms with Crippen LogP contribution in [0.25, 0.3) is 0 Å². The van der Waals surface area contributed by atoms with Gasteiger partial charge >= 0.3 is 0 Å². The number of guanidine groups is 1. The minimum Gasteiger partial charge on any atom is -0.394 e. The summed E-state index contributed by atoms with van der Waals surface area (Å²) >= 11 is 0. The summed E-state index contributed by atoms with van der Waals surface area (Å²) in [6, 6.07) is 5.62. The van der Waals surface area contributed by atoms with E-state index in [9.17, 15) is 58.5 Å². The molecule has 0 spiro atoms. The molecule has 0 aromatic heterocycles. The number of aliphatic hydroxyl groups is 3. The van der Waals surface area contributed by atoms with Crippen LogP contribution in [-0.4, -0.2) is 162 Å². The Hall–Kier alpha value is -7.02. The number of nitrogens with one attached hydrogen (secondary N) is 9. The lowest BCUT2D eigenvalue weighted by Gasteiger charge is -2.28. The minimum absolute atomic E-state index is 0.00459. The molecule has 16 N–H and O–H groups in total. The highest BCUT2D eigenvalue weighted by Gasteiger charge is 2.36. The van der Waals surface area contributed by atoms with Crippen LogP contribution in [0.3, 0.4) is 0 Å². The molecule has 24 heteroatoms. The van der Waals surface area contributed by atoms with Crippen molar-refractivity contribution in [1.29, 1.82) is 0 Å². The van der Waals surface area contributed by atoms with Crippen molar-refractivity contribution in [2.45, 2.75) is 146 Å². The summed E-state index contributed by atoms with van der Waals surface area (Å²) in [6.45, 7) is 7.20. The Morgan fingerprint density at radius 1 is 0.613 bits per heavy atom. The minimum atomic E-state index is -1.78. The van der Waals surface area contributed by atoms with Gasteiger partial charge in [0.15, 0.2) is 5.96 Å². The van der Waals surface area contributed by atoms with Gasteiger partial charge < -0.3 is 79.4 Å². The molecule has 0 aliphatic carbocycles. The van der Waals surface area contributed by atoms with Crippen LogP contribution in [0, 0.1) is 11.8 Å². The number of aliphatic hydroxyl groups excluding tert-OH is 3. The monoisotopic (exact) mass is 1050 g/mol. The molecule has 1 heterocycles. The van der Waals surface area contributed by atoms with Gasteiger partial charge in [0.25, 0.3) is 0 Å². The van der Waals surface area contributed by atoms with Gasteiger partial charge in [0.1, 0.15) is 48.6 Å². The Labute approximate surface area is 437 Å². The average molecular weight is 1050 g/mol. The quantitative estimate of drug-likeness (QED) is 0.0149. The van der Waals surface area contributed by atoms with Crippen molar-refractivity contribution in [2.24, 2.45) is 28.3 Å². The van der Waals surface area contributed by atoms with Gasteiger partial charge in [0, 0.05) is 19.4 Å².